The van der Waals surface area contributed by atoms with E-state index in [4.69, 9.17) is 0 Å². The van der Waals surface area contributed by atoms with Crippen molar-refractivity contribution in [2.75, 3.05) is 13.1 Å². The van der Waals surface area contributed by atoms with Crippen molar-refractivity contribution in [2.45, 2.75) is 25.9 Å². The fraction of sp³-hybridized carbons (Fsp3) is 0.500. The summed E-state index contributed by atoms with van der Waals surface area (Å²) in [7, 11) is 0. The van der Waals surface area contributed by atoms with Gasteiger partial charge in [0.15, 0.2) is 0 Å². The molecular weight excluding hydrogens is 313 g/mol. The van der Waals surface area contributed by atoms with Gasteiger partial charge in [0.2, 0.25) is 5.91 Å². The Balaban J connectivity index is 1.99. The minimum absolute atomic E-state index is 0.0236. The number of carbonyl (C=O) groups excluding carboxylic acids is 1. The highest BCUT2D eigenvalue weighted by atomic mass is 79.9. The van der Waals surface area contributed by atoms with Crippen molar-refractivity contribution >= 4 is 21.8 Å². The first-order valence-electron chi connectivity index (χ1n) is 6.37. The fourth-order valence-electron chi connectivity index (χ4n) is 2.21. The molecule has 0 saturated carbocycles. The number of hydrogen-bond acceptors (Lipinski definition) is 2. The smallest absolute Gasteiger partial charge is 0.227 e. The van der Waals surface area contributed by atoms with Gasteiger partial charge in [-0.3, -0.25) is 4.79 Å². The van der Waals surface area contributed by atoms with Gasteiger partial charge in [0.25, 0.3) is 0 Å². The van der Waals surface area contributed by atoms with E-state index in [1.54, 1.807) is 17.0 Å². The van der Waals surface area contributed by atoms with E-state index in [1.165, 1.54) is 6.07 Å². The second-order valence-corrected chi connectivity index (χ2v) is 5.95. The first kappa shape index (κ1) is 14.5. The summed E-state index contributed by atoms with van der Waals surface area (Å²) in [6.07, 6.45) is 0.609. The summed E-state index contributed by atoms with van der Waals surface area (Å²) in [5, 5.41) is 9.79. The Hall–Kier alpha value is -0.940. The van der Waals surface area contributed by atoms with Crippen LogP contribution in [-0.4, -0.2) is 35.1 Å². The zero-order valence-corrected chi connectivity index (χ0v) is 12.4. The maximum atomic E-state index is 13.1. The number of halogens is 2. The first-order valence-corrected chi connectivity index (χ1v) is 7.16. The highest BCUT2D eigenvalue weighted by Crippen LogP contribution is 2.20. The van der Waals surface area contributed by atoms with Crippen LogP contribution in [-0.2, 0) is 11.2 Å². The lowest BCUT2D eigenvalue weighted by Gasteiger charge is -2.34. The van der Waals surface area contributed by atoms with Crippen LogP contribution in [0.15, 0.2) is 22.7 Å². The number of β-amino-alcohol motifs (C(OH)–C–C–N with tert-alkyl or cyclic N) is 1. The molecule has 19 heavy (non-hydrogen) atoms. The maximum Gasteiger partial charge on any atom is 0.227 e. The van der Waals surface area contributed by atoms with E-state index >= 15 is 0 Å². The molecule has 104 valence electrons. The van der Waals surface area contributed by atoms with Gasteiger partial charge in [-0.15, -0.1) is 0 Å². The van der Waals surface area contributed by atoms with Gasteiger partial charge in [0.05, 0.1) is 17.0 Å². The summed E-state index contributed by atoms with van der Waals surface area (Å²) in [5.41, 5.74) is 0.770. The highest BCUT2D eigenvalue weighted by Gasteiger charge is 2.27. The van der Waals surface area contributed by atoms with E-state index in [0.29, 0.717) is 17.6 Å². The van der Waals surface area contributed by atoms with Gasteiger partial charge >= 0.3 is 0 Å². The number of aliphatic hydroxyl groups is 1. The molecule has 1 aliphatic rings. The quantitative estimate of drug-likeness (QED) is 0.904. The van der Waals surface area contributed by atoms with E-state index in [2.05, 4.69) is 15.9 Å². The Morgan fingerprint density at radius 2 is 2.32 bits per heavy atom. The molecule has 1 aliphatic heterocycles. The summed E-state index contributed by atoms with van der Waals surface area (Å²) < 4.78 is 13.5. The lowest BCUT2D eigenvalue weighted by Crippen LogP contribution is -2.46. The fourth-order valence-corrected chi connectivity index (χ4v) is 2.64. The van der Waals surface area contributed by atoms with E-state index in [9.17, 15) is 14.3 Å². The number of benzene rings is 1. The van der Waals surface area contributed by atoms with Crippen LogP contribution in [0, 0.1) is 11.7 Å². The summed E-state index contributed by atoms with van der Waals surface area (Å²) in [4.78, 5) is 13.8. The van der Waals surface area contributed by atoms with Gasteiger partial charge in [0.1, 0.15) is 5.82 Å². The van der Waals surface area contributed by atoms with Crippen LogP contribution >= 0.6 is 15.9 Å². The molecule has 1 saturated heterocycles. The van der Waals surface area contributed by atoms with E-state index in [0.717, 1.165) is 12.0 Å². The SMILES string of the molecule is CC1CCN(C(=O)Cc2ccc(F)c(Br)c2)CC1O. The zero-order valence-electron chi connectivity index (χ0n) is 10.8. The van der Waals surface area contributed by atoms with Crippen LogP contribution in [0.2, 0.25) is 0 Å². The first-order chi connectivity index (χ1) is 8.97. The molecule has 0 aromatic heterocycles. The number of hydrogen-bond donors (Lipinski definition) is 1. The predicted octanol–water partition coefficient (Wildman–Crippen LogP) is 2.36. The van der Waals surface area contributed by atoms with Crippen LogP contribution in [0.25, 0.3) is 0 Å². The van der Waals surface area contributed by atoms with Gasteiger partial charge in [-0.05, 0) is 46.0 Å². The Morgan fingerprint density at radius 1 is 1.58 bits per heavy atom. The van der Waals surface area contributed by atoms with Crippen LogP contribution in [0.5, 0.6) is 0 Å². The highest BCUT2D eigenvalue weighted by molar-refractivity contribution is 9.10. The number of carbonyl (C=O) groups is 1. The second-order valence-electron chi connectivity index (χ2n) is 5.10. The third kappa shape index (κ3) is 3.54. The van der Waals surface area contributed by atoms with E-state index in [-0.39, 0.29) is 24.1 Å². The number of aliphatic hydroxyl groups excluding tert-OH is 1. The molecular formula is C14H17BrFNO2. The third-order valence-corrected chi connectivity index (χ3v) is 4.22. The number of nitrogens with zero attached hydrogens (tertiary/aromatic N) is 1. The monoisotopic (exact) mass is 329 g/mol. The van der Waals surface area contributed by atoms with Crippen molar-refractivity contribution < 1.29 is 14.3 Å². The molecule has 0 spiro atoms. The maximum absolute atomic E-state index is 13.1. The summed E-state index contributed by atoms with van der Waals surface area (Å²) in [5.74, 6) is -0.119. The van der Waals surface area contributed by atoms with E-state index in [1.807, 2.05) is 6.92 Å². The van der Waals surface area contributed by atoms with Gasteiger partial charge in [0, 0.05) is 13.1 Å². The normalized spacial score (nSPS) is 23.5. The molecule has 2 unspecified atom stereocenters. The summed E-state index contributed by atoms with van der Waals surface area (Å²) in [6, 6.07) is 4.58. The van der Waals surface area contributed by atoms with Crippen LogP contribution < -0.4 is 0 Å². The molecule has 2 rings (SSSR count). The average molecular weight is 330 g/mol. The minimum Gasteiger partial charge on any atom is -0.391 e. The molecule has 1 fully saturated rings. The van der Waals surface area contributed by atoms with Gasteiger partial charge in [-0.1, -0.05) is 13.0 Å². The topological polar surface area (TPSA) is 40.5 Å². The molecule has 1 aromatic carbocycles. The lowest BCUT2D eigenvalue weighted by molar-refractivity contribution is -0.134. The lowest BCUT2D eigenvalue weighted by atomic mass is 9.95. The number of amides is 1. The Bertz CT molecular complexity index is 481. The molecule has 0 bridgehead atoms. The Labute approximate surface area is 120 Å². The van der Waals surface area contributed by atoms with Crippen molar-refractivity contribution in [1.82, 2.24) is 4.90 Å². The number of likely N-dealkylation sites (tertiary alicyclic amines) is 1. The number of piperidine rings is 1. The average Bonchev–Trinajstić information content (AvgIpc) is 2.37. The van der Waals surface area contributed by atoms with Crippen molar-refractivity contribution in [3.8, 4) is 0 Å². The van der Waals surface area contributed by atoms with Crippen molar-refractivity contribution in [3.63, 3.8) is 0 Å². The van der Waals surface area contributed by atoms with Crippen molar-refractivity contribution in [1.29, 1.82) is 0 Å². The van der Waals surface area contributed by atoms with Crippen molar-refractivity contribution in [3.05, 3.63) is 34.1 Å². The van der Waals surface area contributed by atoms with Crippen molar-refractivity contribution in [2.24, 2.45) is 5.92 Å². The molecule has 3 nitrogen and oxygen atoms in total. The Morgan fingerprint density at radius 3 is 2.95 bits per heavy atom. The standard InChI is InChI=1S/C14H17BrFNO2/c1-9-4-5-17(8-13(9)18)14(19)7-10-2-3-12(16)11(15)6-10/h2-3,6,9,13,18H,4-5,7-8H2,1H3. The number of rotatable bonds is 2. The van der Waals surface area contributed by atoms with Gasteiger partial charge in [-0.25, -0.2) is 4.39 Å². The molecule has 2 atom stereocenters. The molecule has 1 aromatic rings. The van der Waals surface area contributed by atoms with Crippen LogP contribution in [0.3, 0.4) is 0 Å². The summed E-state index contributed by atoms with van der Waals surface area (Å²) in [6.45, 7) is 3.06. The molecule has 0 radical (unpaired) electrons. The molecule has 5 heteroatoms. The summed E-state index contributed by atoms with van der Waals surface area (Å²) >= 11 is 3.11. The molecule has 1 heterocycles. The Kier molecular flexibility index (Phi) is 4.58. The molecule has 0 aliphatic carbocycles. The molecule has 1 amide bonds. The van der Waals surface area contributed by atoms with Gasteiger partial charge in [-0.2, -0.15) is 0 Å². The van der Waals surface area contributed by atoms with Crippen LogP contribution in [0.1, 0.15) is 18.9 Å². The molecule has 1 N–H and O–H groups in total. The second kappa shape index (κ2) is 6.01. The van der Waals surface area contributed by atoms with Gasteiger partial charge < -0.3 is 10.0 Å². The van der Waals surface area contributed by atoms with E-state index < -0.39 is 6.10 Å². The zero-order chi connectivity index (χ0) is 14.0. The third-order valence-electron chi connectivity index (χ3n) is 3.61. The largest absolute Gasteiger partial charge is 0.391 e. The van der Waals surface area contributed by atoms with Crippen LogP contribution in [0.4, 0.5) is 4.39 Å². The predicted molar refractivity (Wildman–Crippen MR) is 74.2 cm³/mol. The minimum atomic E-state index is -0.447.